The quantitative estimate of drug-likeness (QED) is 0.588. The Morgan fingerprint density at radius 3 is 2.10 bits per heavy atom. The molecule has 0 saturated carbocycles. The van der Waals surface area contributed by atoms with Gasteiger partial charge < -0.3 is 15.4 Å². The molecule has 148 valence electrons. The van der Waals surface area contributed by atoms with Crippen molar-refractivity contribution in [2.24, 2.45) is 0 Å². The lowest BCUT2D eigenvalue weighted by Crippen LogP contribution is -2.16. The highest BCUT2D eigenvalue weighted by molar-refractivity contribution is 6.09. The number of carbonyl (C=O) groups is 2. The van der Waals surface area contributed by atoms with Crippen molar-refractivity contribution in [3.8, 4) is 5.75 Å². The summed E-state index contributed by atoms with van der Waals surface area (Å²) in [5.41, 5.74) is 3.31. The Kier molecular flexibility index (Phi) is 6.63. The molecule has 0 aliphatic rings. The molecule has 0 atom stereocenters. The number of anilines is 2. The molecule has 5 nitrogen and oxygen atoms in total. The third-order valence-corrected chi connectivity index (χ3v) is 4.44. The number of benzene rings is 3. The van der Waals surface area contributed by atoms with Crippen LogP contribution >= 0.6 is 0 Å². The van der Waals surface area contributed by atoms with Crippen LogP contribution in [0.15, 0.2) is 72.8 Å². The molecule has 0 saturated heterocycles. The highest BCUT2D eigenvalue weighted by Gasteiger charge is 2.13. The van der Waals surface area contributed by atoms with Gasteiger partial charge in [-0.15, -0.1) is 0 Å². The zero-order valence-corrected chi connectivity index (χ0v) is 16.6. The van der Waals surface area contributed by atoms with E-state index in [1.54, 1.807) is 36.4 Å². The van der Waals surface area contributed by atoms with E-state index in [0.717, 1.165) is 6.42 Å². The summed E-state index contributed by atoms with van der Waals surface area (Å²) < 4.78 is 5.54. The zero-order chi connectivity index (χ0) is 20.6. The molecule has 0 bridgehead atoms. The van der Waals surface area contributed by atoms with Gasteiger partial charge in [-0.1, -0.05) is 37.3 Å². The fourth-order valence-corrected chi connectivity index (χ4v) is 2.87. The fraction of sp³-hybridized carbons (Fsp3) is 0.167. The lowest BCUT2D eigenvalue weighted by Gasteiger charge is -2.12. The summed E-state index contributed by atoms with van der Waals surface area (Å²) in [6.07, 6.45) is 0.942. The van der Waals surface area contributed by atoms with E-state index in [1.165, 1.54) is 5.56 Å². The topological polar surface area (TPSA) is 67.4 Å². The molecule has 0 aliphatic heterocycles. The van der Waals surface area contributed by atoms with Crippen LogP contribution in [-0.4, -0.2) is 18.4 Å². The second kappa shape index (κ2) is 9.55. The highest BCUT2D eigenvalue weighted by Crippen LogP contribution is 2.24. The van der Waals surface area contributed by atoms with Crippen LogP contribution in [0.4, 0.5) is 11.4 Å². The molecule has 5 heteroatoms. The minimum Gasteiger partial charge on any atom is -0.492 e. The highest BCUT2D eigenvalue weighted by atomic mass is 16.5. The maximum absolute atomic E-state index is 12.7. The summed E-state index contributed by atoms with van der Waals surface area (Å²) in [7, 11) is 0. The van der Waals surface area contributed by atoms with Crippen molar-refractivity contribution >= 4 is 23.2 Å². The van der Waals surface area contributed by atoms with E-state index in [4.69, 9.17) is 4.74 Å². The third-order valence-electron chi connectivity index (χ3n) is 4.44. The molecule has 3 aromatic carbocycles. The summed E-state index contributed by atoms with van der Waals surface area (Å²) in [6.45, 7) is 4.47. The van der Waals surface area contributed by atoms with Crippen LogP contribution in [0.25, 0.3) is 0 Å². The second-order valence-corrected chi connectivity index (χ2v) is 6.47. The lowest BCUT2D eigenvalue weighted by molar-refractivity contribution is 0.102. The SMILES string of the molecule is CCOc1ccccc1NC(=O)c1cccc(C(=O)Nc2ccc(CC)cc2)c1. The first kappa shape index (κ1) is 20.1. The first-order valence-electron chi connectivity index (χ1n) is 9.64. The van der Waals surface area contributed by atoms with E-state index in [9.17, 15) is 9.59 Å². The van der Waals surface area contributed by atoms with Gasteiger partial charge in [0.05, 0.1) is 12.3 Å². The summed E-state index contributed by atoms with van der Waals surface area (Å²) in [5.74, 6) is 0.0329. The number of amides is 2. The number of hydrogen-bond donors (Lipinski definition) is 2. The Morgan fingerprint density at radius 1 is 0.793 bits per heavy atom. The minimum atomic E-state index is -0.306. The van der Waals surface area contributed by atoms with Gasteiger partial charge in [0, 0.05) is 16.8 Å². The number of ether oxygens (including phenoxy) is 1. The molecule has 2 amide bonds. The summed E-state index contributed by atoms with van der Waals surface area (Å²) in [4.78, 5) is 25.3. The Morgan fingerprint density at radius 2 is 1.45 bits per heavy atom. The van der Waals surface area contributed by atoms with Crippen LogP contribution in [0.1, 0.15) is 40.1 Å². The average molecular weight is 388 g/mol. The molecule has 29 heavy (non-hydrogen) atoms. The van der Waals surface area contributed by atoms with Crippen molar-refractivity contribution < 1.29 is 14.3 Å². The van der Waals surface area contributed by atoms with Crippen LogP contribution in [0.5, 0.6) is 5.75 Å². The number of rotatable bonds is 7. The average Bonchev–Trinajstić information content (AvgIpc) is 2.76. The van der Waals surface area contributed by atoms with Gasteiger partial charge in [0.2, 0.25) is 0 Å². The number of hydrogen-bond acceptors (Lipinski definition) is 3. The minimum absolute atomic E-state index is 0.265. The molecule has 0 unspecified atom stereocenters. The maximum atomic E-state index is 12.7. The van der Waals surface area contributed by atoms with Gasteiger partial charge in [-0.3, -0.25) is 9.59 Å². The van der Waals surface area contributed by atoms with Crippen molar-refractivity contribution in [2.45, 2.75) is 20.3 Å². The molecule has 0 radical (unpaired) electrons. The smallest absolute Gasteiger partial charge is 0.255 e. The van der Waals surface area contributed by atoms with Gasteiger partial charge in [0.25, 0.3) is 11.8 Å². The second-order valence-electron chi connectivity index (χ2n) is 6.47. The van der Waals surface area contributed by atoms with E-state index >= 15 is 0 Å². The largest absolute Gasteiger partial charge is 0.492 e. The standard InChI is InChI=1S/C24H24N2O3/c1-3-17-12-14-20(15-13-17)25-23(27)18-8-7-9-19(16-18)24(28)26-21-10-5-6-11-22(21)29-4-2/h5-16H,3-4H2,1-2H3,(H,25,27)(H,26,28). The van der Waals surface area contributed by atoms with Gasteiger partial charge in [-0.05, 0) is 61.4 Å². The van der Waals surface area contributed by atoms with E-state index < -0.39 is 0 Å². The van der Waals surface area contributed by atoms with Gasteiger partial charge in [0.1, 0.15) is 5.75 Å². The molecule has 3 aromatic rings. The zero-order valence-electron chi connectivity index (χ0n) is 16.6. The number of aryl methyl sites for hydroxylation is 1. The maximum Gasteiger partial charge on any atom is 0.255 e. The van der Waals surface area contributed by atoms with Crippen LogP contribution in [0, 0.1) is 0 Å². The van der Waals surface area contributed by atoms with E-state index in [1.807, 2.05) is 43.3 Å². The summed E-state index contributed by atoms with van der Waals surface area (Å²) in [6, 6.07) is 21.6. The van der Waals surface area contributed by atoms with Crippen LogP contribution < -0.4 is 15.4 Å². The number of carbonyl (C=O) groups excluding carboxylic acids is 2. The van der Waals surface area contributed by atoms with Crippen LogP contribution in [0.3, 0.4) is 0 Å². The molecular formula is C24H24N2O3. The van der Waals surface area contributed by atoms with Crippen molar-refractivity contribution in [2.75, 3.05) is 17.2 Å². The molecule has 0 fully saturated rings. The van der Waals surface area contributed by atoms with E-state index in [2.05, 4.69) is 17.6 Å². The van der Waals surface area contributed by atoms with Gasteiger partial charge in [0.15, 0.2) is 0 Å². The number of nitrogens with one attached hydrogen (secondary N) is 2. The first-order valence-corrected chi connectivity index (χ1v) is 9.64. The van der Waals surface area contributed by atoms with Crippen molar-refractivity contribution in [3.05, 3.63) is 89.5 Å². The monoisotopic (exact) mass is 388 g/mol. The molecule has 3 rings (SSSR count). The number of para-hydroxylation sites is 2. The van der Waals surface area contributed by atoms with Crippen LogP contribution in [0.2, 0.25) is 0 Å². The lowest BCUT2D eigenvalue weighted by atomic mass is 10.1. The summed E-state index contributed by atoms with van der Waals surface area (Å²) in [5, 5.41) is 5.71. The van der Waals surface area contributed by atoms with E-state index in [-0.39, 0.29) is 11.8 Å². The van der Waals surface area contributed by atoms with Crippen molar-refractivity contribution in [1.82, 2.24) is 0 Å². The third kappa shape index (κ3) is 5.23. The predicted molar refractivity (Wildman–Crippen MR) is 116 cm³/mol. The predicted octanol–water partition coefficient (Wildman–Crippen LogP) is 5.15. The molecule has 0 aliphatic carbocycles. The van der Waals surface area contributed by atoms with E-state index in [0.29, 0.717) is 34.9 Å². The fourth-order valence-electron chi connectivity index (χ4n) is 2.87. The van der Waals surface area contributed by atoms with Crippen molar-refractivity contribution in [3.63, 3.8) is 0 Å². The normalized spacial score (nSPS) is 10.3. The molecular weight excluding hydrogens is 364 g/mol. The molecule has 2 N–H and O–H groups in total. The Bertz CT molecular complexity index is 997. The molecule has 0 heterocycles. The Balaban J connectivity index is 1.73. The van der Waals surface area contributed by atoms with Crippen molar-refractivity contribution in [1.29, 1.82) is 0 Å². The van der Waals surface area contributed by atoms with Crippen LogP contribution in [-0.2, 0) is 6.42 Å². The Labute approximate surface area is 170 Å². The molecule has 0 spiro atoms. The van der Waals surface area contributed by atoms with Gasteiger partial charge >= 0.3 is 0 Å². The summed E-state index contributed by atoms with van der Waals surface area (Å²) >= 11 is 0. The van der Waals surface area contributed by atoms with Gasteiger partial charge in [-0.25, -0.2) is 0 Å². The molecule has 0 aromatic heterocycles. The Hall–Kier alpha value is -3.60. The van der Waals surface area contributed by atoms with Gasteiger partial charge in [-0.2, -0.15) is 0 Å². The first-order chi connectivity index (χ1) is 14.1.